The molecule has 0 bridgehead atoms. The highest BCUT2D eigenvalue weighted by Crippen LogP contribution is 2.22. The first-order chi connectivity index (χ1) is 12.2. The zero-order chi connectivity index (χ0) is 17.5. The van der Waals surface area contributed by atoms with Crippen LogP contribution in [0, 0.1) is 6.92 Å². The molecule has 2 aromatic rings. The van der Waals surface area contributed by atoms with Crippen LogP contribution in [0.1, 0.15) is 17.5 Å². The van der Waals surface area contributed by atoms with Crippen LogP contribution in [0.5, 0.6) is 5.75 Å². The zero-order valence-electron chi connectivity index (χ0n) is 15.3. The van der Waals surface area contributed by atoms with Gasteiger partial charge in [-0.2, -0.15) is 0 Å². The molecule has 1 unspecified atom stereocenters. The van der Waals surface area contributed by atoms with Crippen molar-refractivity contribution in [3.8, 4) is 5.75 Å². The van der Waals surface area contributed by atoms with E-state index in [9.17, 15) is 0 Å². The Balaban J connectivity index is 1.45. The summed E-state index contributed by atoms with van der Waals surface area (Å²) in [5.41, 5.74) is 3.69. The molecule has 0 aliphatic carbocycles. The maximum atomic E-state index is 5.39. The molecule has 1 heterocycles. The van der Waals surface area contributed by atoms with E-state index in [2.05, 4.69) is 71.0 Å². The molecule has 0 saturated carbocycles. The van der Waals surface area contributed by atoms with Gasteiger partial charge in [-0.3, -0.25) is 4.90 Å². The summed E-state index contributed by atoms with van der Waals surface area (Å²) in [7, 11) is 1.72. The standard InChI is InChI=1S/C21H29N3O/c1-17-8-9-19(14-21(17)25-2)22-11-10-20-16-24(13-12-23-20)15-18-6-4-3-5-7-18/h3-9,14,20,22-23H,10-13,15-16H2,1-2H3. The van der Waals surface area contributed by atoms with E-state index in [1.54, 1.807) is 7.11 Å². The third kappa shape index (κ3) is 5.21. The average molecular weight is 339 g/mol. The molecule has 0 amide bonds. The SMILES string of the molecule is COc1cc(NCCC2CN(Cc3ccccc3)CCN2)ccc1C. The zero-order valence-corrected chi connectivity index (χ0v) is 15.3. The van der Waals surface area contributed by atoms with Crippen LogP contribution in [0.4, 0.5) is 5.69 Å². The van der Waals surface area contributed by atoms with E-state index in [4.69, 9.17) is 4.74 Å². The molecule has 2 aromatic carbocycles. The second-order valence-corrected chi connectivity index (χ2v) is 6.77. The molecule has 3 rings (SSSR count). The lowest BCUT2D eigenvalue weighted by atomic mass is 10.1. The maximum absolute atomic E-state index is 5.39. The third-order valence-corrected chi connectivity index (χ3v) is 4.82. The van der Waals surface area contributed by atoms with Gasteiger partial charge in [0.1, 0.15) is 5.75 Å². The summed E-state index contributed by atoms with van der Waals surface area (Å²) in [5.74, 6) is 0.940. The van der Waals surface area contributed by atoms with Gasteiger partial charge in [0.05, 0.1) is 7.11 Å². The van der Waals surface area contributed by atoms with Crippen molar-refractivity contribution in [1.29, 1.82) is 0 Å². The van der Waals surface area contributed by atoms with Gasteiger partial charge in [-0.1, -0.05) is 36.4 Å². The van der Waals surface area contributed by atoms with Gasteiger partial charge in [-0.15, -0.1) is 0 Å². The summed E-state index contributed by atoms with van der Waals surface area (Å²) in [4.78, 5) is 2.55. The van der Waals surface area contributed by atoms with Crippen LogP contribution in [0.15, 0.2) is 48.5 Å². The van der Waals surface area contributed by atoms with Crippen molar-refractivity contribution in [3.63, 3.8) is 0 Å². The highest BCUT2D eigenvalue weighted by atomic mass is 16.5. The van der Waals surface area contributed by atoms with Gasteiger partial charge >= 0.3 is 0 Å². The monoisotopic (exact) mass is 339 g/mol. The highest BCUT2D eigenvalue weighted by molar-refractivity contribution is 5.51. The molecule has 0 spiro atoms. The number of hydrogen-bond donors (Lipinski definition) is 2. The van der Waals surface area contributed by atoms with Gasteiger partial charge in [0.25, 0.3) is 0 Å². The number of nitrogens with one attached hydrogen (secondary N) is 2. The minimum Gasteiger partial charge on any atom is -0.496 e. The molecule has 134 valence electrons. The molecule has 1 saturated heterocycles. The molecule has 1 atom stereocenters. The predicted molar refractivity (Wildman–Crippen MR) is 104 cm³/mol. The van der Waals surface area contributed by atoms with Gasteiger partial charge in [-0.25, -0.2) is 0 Å². The topological polar surface area (TPSA) is 36.5 Å². The van der Waals surface area contributed by atoms with E-state index in [-0.39, 0.29) is 0 Å². The molecule has 1 aliphatic rings. The first-order valence-electron chi connectivity index (χ1n) is 9.13. The minimum atomic E-state index is 0.539. The molecule has 25 heavy (non-hydrogen) atoms. The smallest absolute Gasteiger partial charge is 0.123 e. The van der Waals surface area contributed by atoms with Crippen LogP contribution < -0.4 is 15.4 Å². The van der Waals surface area contributed by atoms with Crippen molar-refractivity contribution >= 4 is 5.69 Å². The Hall–Kier alpha value is -2.04. The van der Waals surface area contributed by atoms with E-state index in [0.717, 1.165) is 50.6 Å². The van der Waals surface area contributed by atoms with Crippen LogP contribution in [0.25, 0.3) is 0 Å². The number of benzene rings is 2. The average Bonchev–Trinajstić information content (AvgIpc) is 2.64. The molecule has 1 aliphatic heterocycles. The summed E-state index contributed by atoms with van der Waals surface area (Å²) < 4.78 is 5.39. The lowest BCUT2D eigenvalue weighted by molar-refractivity contribution is 0.189. The Morgan fingerprint density at radius 3 is 2.84 bits per heavy atom. The lowest BCUT2D eigenvalue weighted by Gasteiger charge is -2.34. The third-order valence-electron chi connectivity index (χ3n) is 4.82. The Bertz CT molecular complexity index is 659. The number of aryl methyl sites for hydroxylation is 1. The molecule has 4 nitrogen and oxygen atoms in total. The molecule has 0 radical (unpaired) electrons. The van der Waals surface area contributed by atoms with Crippen molar-refractivity contribution in [1.82, 2.24) is 10.2 Å². The minimum absolute atomic E-state index is 0.539. The fourth-order valence-electron chi connectivity index (χ4n) is 3.39. The van der Waals surface area contributed by atoms with Crippen LogP contribution in [-0.4, -0.2) is 44.2 Å². The summed E-state index contributed by atoms with van der Waals surface area (Å²) in [5, 5.41) is 7.17. The van der Waals surface area contributed by atoms with Crippen LogP contribution in [-0.2, 0) is 6.54 Å². The van der Waals surface area contributed by atoms with Crippen molar-refractivity contribution in [2.24, 2.45) is 0 Å². The van der Waals surface area contributed by atoms with Gasteiger partial charge in [0.15, 0.2) is 0 Å². The summed E-state index contributed by atoms with van der Waals surface area (Å²) >= 11 is 0. The molecule has 2 N–H and O–H groups in total. The van der Waals surface area contributed by atoms with E-state index in [1.165, 1.54) is 11.1 Å². The quantitative estimate of drug-likeness (QED) is 0.812. The maximum Gasteiger partial charge on any atom is 0.123 e. The molecular formula is C21H29N3O. The number of hydrogen-bond acceptors (Lipinski definition) is 4. The fourth-order valence-corrected chi connectivity index (χ4v) is 3.39. The molecule has 0 aromatic heterocycles. The van der Waals surface area contributed by atoms with Gasteiger partial charge < -0.3 is 15.4 Å². The van der Waals surface area contributed by atoms with Crippen molar-refractivity contribution in [2.75, 3.05) is 38.6 Å². The normalized spacial score (nSPS) is 18.1. The van der Waals surface area contributed by atoms with Crippen molar-refractivity contribution in [2.45, 2.75) is 25.9 Å². The molecule has 1 fully saturated rings. The number of ether oxygens (including phenoxy) is 1. The largest absolute Gasteiger partial charge is 0.496 e. The first-order valence-corrected chi connectivity index (χ1v) is 9.13. The molecular weight excluding hydrogens is 310 g/mol. The summed E-state index contributed by atoms with van der Waals surface area (Å²) in [6.45, 7) is 7.36. The van der Waals surface area contributed by atoms with Gasteiger partial charge in [-0.05, 0) is 30.5 Å². The first kappa shape index (κ1) is 17.8. The second-order valence-electron chi connectivity index (χ2n) is 6.77. The van der Waals surface area contributed by atoms with E-state index < -0.39 is 0 Å². The summed E-state index contributed by atoms with van der Waals surface area (Å²) in [6, 6.07) is 17.6. The van der Waals surface area contributed by atoms with Gasteiger partial charge in [0.2, 0.25) is 0 Å². The van der Waals surface area contributed by atoms with E-state index in [0.29, 0.717) is 6.04 Å². The number of nitrogens with zero attached hydrogens (tertiary/aromatic N) is 1. The van der Waals surface area contributed by atoms with E-state index >= 15 is 0 Å². The number of piperazine rings is 1. The Labute approximate surface area is 151 Å². The number of methoxy groups -OCH3 is 1. The fraction of sp³-hybridized carbons (Fsp3) is 0.429. The van der Waals surface area contributed by atoms with Crippen LogP contribution in [0.2, 0.25) is 0 Å². The Morgan fingerprint density at radius 2 is 2.04 bits per heavy atom. The van der Waals surface area contributed by atoms with Gasteiger partial charge in [0, 0.05) is 50.5 Å². The van der Waals surface area contributed by atoms with Crippen LogP contribution in [0.3, 0.4) is 0 Å². The predicted octanol–water partition coefficient (Wildman–Crippen LogP) is 3.28. The van der Waals surface area contributed by atoms with Crippen molar-refractivity contribution in [3.05, 3.63) is 59.7 Å². The highest BCUT2D eigenvalue weighted by Gasteiger charge is 2.18. The number of rotatable bonds is 7. The Morgan fingerprint density at radius 1 is 1.20 bits per heavy atom. The Kier molecular flexibility index (Phi) is 6.31. The van der Waals surface area contributed by atoms with Crippen molar-refractivity contribution < 1.29 is 4.74 Å². The number of anilines is 1. The summed E-state index contributed by atoms with van der Waals surface area (Å²) in [6.07, 6.45) is 1.11. The second kappa shape index (κ2) is 8.88. The van der Waals surface area contributed by atoms with Crippen LogP contribution >= 0.6 is 0 Å². The lowest BCUT2D eigenvalue weighted by Crippen LogP contribution is -2.50. The van der Waals surface area contributed by atoms with E-state index in [1.807, 2.05) is 0 Å². The molecule has 4 heteroatoms.